The molecule has 1 radical (unpaired) electrons. The molecule has 0 aliphatic carbocycles. The predicted molar refractivity (Wildman–Crippen MR) is 31.7 cm³/mol. The van der Waals surface area contributed by atoms with Gasteiger partial charge in [-0.2, -0.15) is 18.2 Å². The molecule has 0 fully saturated rings. The fraction of sp³-hybridized carbons (Fsp3) is 0.143. The van der Waals surface area contributed by atoms with Gasteiger partial charge in [0.15, 0.2) is 0 Å². The molecule has 1 nitrogen and oxygen atoms in total. The Kier molecular flexibility index (Phi) is 3.36. The van der Waals surface area contributed by atoms with E-state index in [1.807, 2.05) is 6.92 Å². The molecule has 1 N–H and O–H groups in total. The van der Waals surface area contributed by atoms with Gasteiger partial charge in [-0.3, -0.25) is 0 Å². The predicted octanol–water partition coefficient (Wildman–Crippen LogP) is 1.50. The van der Waals surface area contributed by atoms with E-state index < -0.39 is 0 Å². The van der Waals surface area contributed by atoms with E-state index in [9.17, 15) is 0 Å². The second kappa shape index (κ2) is 3.54. The Morgan fingerprint density at radius 3 is 2.56 bits per heavy atom. The molecule has 1 aromatic carbocycles. The maximum Gasteiger partial charge on any atom is 0.0111 e. The Bertz CT molecular complexity index is 165. The van der Waals surface area contributed by atoms with Crippen molar-refractivity contribution in [2.75, 3.05) is 0 Å². The maximum atomic E-state index is 8.90. The quantitative estimate of drug-likeness (QED) is 0.452. The number of benzene rings is 1. The average Bonchev–Trinajstić information content (AvgIpc) is 1.77. The minimum Gasteiger partial charge on any atom is -0.533 e. The van der Waals surface area contributed by atoms with Crippen LogP contribution in [0.15, 0.2) is 18.2 Å². The Morgan fingerprint density at radius 1 is 1.56 bits per heavy atom. The number of rotatable bonds is 0. The van der Waals surface area contributed by atoms with Gasteiger partial charge in [-0.15, -0.1) is 11.6 Å². The van der Waals surface area contributed by atoms with Gasteiger partial charge < -0.3 is 5.11 Å². The number of phenolic OH excluding ortho intramolecular Hbond substituents is 1. The molecule has 0 aliphatic rings. The summed E-state index contributed by atoms with van der Waals surface area (Å²) in [5.74, 6) is 0.337. The molecule has 9 heavy (non-hydrogen) atoms. The smallest absolute Gasteiger partial charge is 0.0111 e. The number of hydrogen-bond donors (Lipinski definition) is 1. The SMILES string of the molecule is Cc1c[c-]ccc1O.[Mn]. The zero-order chi connectivity index (χ0) is 5.98. The van der Waals surface area contributed by atoms with Crippen LogP contribution in [0.3, 0.4) is 0 Å². The fourth-order valence-corrected chi connectivity index (χ4v) is 0.506. The summed E-state index contributed by atoms with van der Waals surface area (Å²) >= 11 is 0. The van der Waals surface area contributed by atoms with Crippen molar-refractivity contribution in [1.29, 1.82) is 0 Å². The molecule has 0 bridgehead atoms. The van der Waals surface area contributed by atoms with Gasteiger partial charge in [0, 0.05) is 22.8 Å². The molecule has 0 heterocycles. The monoisotopic (exact) mass is 162 g/mol. The second-order valence-electron chi connectivity index (χ2n) is 1.71. The van der Waals surface area contributed by atoms with E-state index in [1.165, 1.54) is 0 Å². The summed E-state index contributed by atoms with van der Waals surface area (Å²) in [6, 6.07) is 7.89. The summed E-state index contributed by atoms with van der Waals surface area (Å²) in [5.41, 5.74) is 0.868. The molecule has 0 amide bonds. The van der Waals surface area contributed by atoms with Crippen LogP contribution in [0.1, 0.15) is 5.56 Å². The Labute approximate surface area is 65.2 Å². The third kappa shape index (κ3) is 2.08. The van der Waals surface area contributed by atoms with Crippen molar-refractivity contribution in [3.05, 3.63) is 29.8 Å². The van der Waals surface area contributed by atoms with Gasteiger partial charge >= 0.3 is 0 Å². The summed E-state index contributed by atoms with van der Waals surface area (Å²) in [6.45, 7) is 1.84. The van der Waals surface area contributed by atoms with E-state index in [0.29, 0.717) is 5.75 Å². The topological polar surface area (TPSA) is 20.2 Å². The molecule has 0 saturated heterocycles. The van der Waals surface area contributed by atoms with E-state index >= 15 is 0 Å². The first-order valence-electron chi connectivity index (χ1n) is 2.46. The summed E-state index contributed by atoms with van der Waals surface area (Å²) in [4.78, 5) is 0. The molecular formula is C7H7MnO-. The van der Waals surface area contributed by atoms with Crippen LogP contribution >= 0.6 is 0 Å². The van der Waals surface area contributed by atoms with Gasteiger partial charge in [-0.1, -0.05) is 6.92 Å². The summed E-state index contributed by atoms with van der Waals surface area (Å²) in [7, 11) is 0. The van der Waals surface area contributed by atoms with Crippen molar-refractivity contribution in [1.82, 2.24) is 0 Å². The Balaban J connectivity index is 0.000000640. The zero-order valence-corrected chi connectivity index (χ0v) is 6.24. The summed E-state index contributed by atoms with van der Waals surface area (Å²) < 4.78 is 0. The van der Waals surface area contributed by atoms with Gasteiger partial charge in [0.1, 0.15) is 0 Å². The number of aryl methyl sites for hydroxylation is 1. The van der Waals surface area contributed by atoms with Gasteiger partial charge in [-0.05, 0) is 0 Å². The van der Waals surface area contributed by atoms with Crippen molar-refractivity contribution in [2.24, 2.45) is 0 Å². The van der Waals surface area contributed by atoms with Crippen LogP contribution in [0.2, 0.25) is 0 Å². The molecule has 2 heteroatoms. The van der Waals surface area contributed by atoms with E-state index in [-0.39, 0.29) is 17.1 Å². The molecule has 1 rings (SSSR count). The molecule has 0 atom stereocenters. The van der Waals surface area contributed by atoms with Gasteiger partial charge in [0.2, 0.25) is 0 Å². The van der Waals surface area contributed by atoms with Crippen LogP contribution in [0.5, 0.6) is 5.75 Å². The summed E-state index contributed by atoms with van der Waals surface area (Å²) in [6.07, 6.45) is 0. The minimum absolute atomic E-state index is 0. The van der Waals surface area contributed by atoms with Gasteiger partial charge in [0.25, 0.3) is 0 Å². The third-order valence-corrected chi connectivity index (χ3v) is 1.04. The van der Waals surface area contributed by atoms with Crippen molar-refractivity contribution >= 4 is 0 Å². The molecule has 49 valence electrons. The molecule has 1 aromatic rings. The first-order valence-corrected chi connectivity index (χ1v) is 2.46. The van der Waals surface area contributed by atoms with E-state index in [4.69, 9.17) is 5.11 Å². The second-order valence-corrected chi connectivity index (χ2v) is 1.71. The molecule has 0 unspecified atom stereocenters. The van der Waals surface area contributed by atoms with Crippen molar-refractivity contribution in [3.8, 4) is 5.75 Å². The van der Waals surface area contributed by atoms with Crippen molar-refractivity contribution in [3.63, 3.8) is 0 Å². The third-order valence-electron chi connectivity index (χ3n) is 1.04. The van der Waals surface area contributed by atoms with Crippen LogP contribution in [0.4, 0.5) is 0 Å². The first kappa shape index (κ1) is 8.54. The van der Waals surface area contributed by atoms with E-state index in [1.54, 1.807) is 18.2 Å². The molecule has 0 spiro atoms. The van der Waals surface area contributed by atoms with Gasteiger partial charge in [-0.25, -0.2) is 0 Å². The fourth-order valence-electron chi connectivity index (χ4n) is 0.506. The van der Waals surface area contributed by atoms with Crippen LogP contribution < -0.4 is 0 Å². The van der Waals surface area contributed by atoms with Crippen LogP contribution in [0.25, 0.3) is 0 Å². The zero-order valence-electron chi connectivity index (χ0n) is 5.06. The maximum absolute atomic E-state index is 8.90. The first-order chi connectivity index (χ1) is 3.80. The standard InChI is InChI=1S/C7H7O.Mn/c1-6-4-2-3-5-7(6)8;/h3-5,8H,1H3;/q-1;. The van der Waals surface area contributed by atoms with Crippen molar-refractivity contribution in [2.45, 2.75) is 6.92 Å². The molecule has 0 aromatic heterocycles. The van der Waals surface area contributed by atoms with Crippen LogP contribution in [0, 0.1) is 13.0 Å². The number of hydrogen-bond acceptors (Lipinski definition) is 1. The van der Waals surface area contributed by atoms with Crippen molar-refractivity contribution < 1.29 is 22.2 Å². The van der Waals surface area contributed by atoms with Crippen LogP contribution in [-0.2, 0) is 17.1 Å². The average molecular weight is 162 g/mol. The van der Waals surface area contributed by atoms with E-state index in [0.717, 1.165) is 5.56 Å². The number of phenols is 1. The molecule has 0 saturated carbocycles. The normalized spacial score (nSPS) is 8.11. The van der Waals surface area contributed by atoms with E-state index in [2.05, 4.69) is 6.07 Å². The molecular weight excluding hydrogens is 155 g/mol. The minimum atomic E-state index is 0. The Hall–Kier alpha value is -0.461. The Morgan fingerprint density at radius 2 is 2.22 bits per heavy atom. The van der Waals surface area contributed by atoms with Crippen LogP contribution in [-0.4, -0.2) is 5.11 Å². The number of aromatic hydroxyl groups is 1. The largest absolute Gasteiger partial charge is 0.533 e. The molecule has 0 aliphatic heterocycles. The van der Waals surface area contributed by atoms with Gasteiger partial charge in [0.05, 0.1) is 0 Å². The summed E-state index contributed by atoms with van der Waals surface area (Å²) in [5, 5.41) is 8.90.